The maximum Gasteiger partial charge on any atom is 0.416 e. The molecular formula is C25H25F3N6O3. The molecule has 0 saturated carbocycles. The van der Waals surface area contributed by atoms with Gasteiger partial charge in [-0.2, -0.15) is 13.2 Å². The highest BCUT2D eigenvalue weighted by Gasteiger charge is 2.32. The Morgan fingerprint density at radius 2 is 1.70 bits per heavy atom. The number of hydrogen-bond acceptors (Lipinski definition) is 6. The number of hydrogen-bond donors (Lipinski definition) is 4. The standard InChI is InChI=1S/C25H25F3N6O3/c1-29-23(35)21-15-19(8-9-31-21)37-18-5-3-17(4-6-18)32-24(36)33-20-14-16(25(26,27)28)2-7-22(20)34-12-10-30-11-13-34/h2-9,14-15,30H,10-13H2,1H3,(H,29,35)(H2,32,33,36). The summed E-state index contributed by atoms with van der Waals surface area (Å²) in [4.78, 5) is 30.3. The fourth-order valence-electron chi connectivity index (χ4n) is 3.75. The second-order valence-electron chi connectivity index (χ2n) is 8.13. The van der Waals surface area contributed by atoms with Gasteiger partial charge in [0.1, 0.15) is 17.2 Å². The number of nitrogens with one attached hydrogen (secondary N) is 4. The number of aromatic nitrogens is 1. The number of piperazine rings is 1. The van der Waals surface area contributed by atoms with Crippen LogP contribution >= 0.6 is 0 Å². The third kappa shape index (κ3) is 6.67. The van der Waals surface area contributed by atoms with Gasteiger partial charge in [0.25, 0.3) is 5.91 Å². The molecule has 0 radical (unpaired) electrons. The molecule has 0 unspecified atom stereocenters. The van der Waals surface area contributed by atoms with Gasteiger partial charge in [0.2, 0.25) is 0 Å². The summed E-state index contributed by atoms with van der Waals surface area (Å²) in [7, 11) is 1.50. The first-order chi connectivity index (χ1) is 17.7. The Labute approximate surface area is 211 Å². The van der Waals surface area contributed by atoms with Crippen molar-refractivity contribution < 1.29 is 27.5 Å². The summed E-state index contributed by atoms with van der Waals surface area (Å²) in [6, 6.07) is 12.1. The molecule has 1 fully saturated rings. The molecule has 1 saturated heterocycles. The summed E-state index contributed by atoms with van der Waals surface area (Å²) in [5.41, 5.74) is 0.339. The van der Waals surface area contributed by atoms with Crippen LogP contribution in [0.25, 0.3) is 0 Å². The highest BCUT2D eigenvalue weighted by Crippen LogP contribution is 2.35. The van der Waals surface area contributed by atoms with Crippen LogP contribution in [-0.2, 0) is 6.18 Å². The Balaban J connectivity index is 1.44. The zero-order valence-electron chi connectivity index (χ0n) is 19.9. The van der Waals surface area contributed by atoms with E-state index in [-0.39, 0.29) is 17.3 Å². The zero-order chi connectivity index (χ0) is 26.4. The number of benzene rings is 2. The third-order valence-electron chi connectivity index (χ3n) is 5.57. The lowest BCUT2D eigenvalue weighted by molar-refractivity contribution is -0.137. The molecule has 4 rings (SSSR count). The van der Waals surface area contributed by atoms with Crippen molar-refractivity contribution in [3.63, 3.8) is 0 Å². The van der Waals surface area contributed by atoms with Crippen LogP contribution in [0.5, 0.6) is 11.5 Å². The number of carbonyl (C=O) groups is 2. The molecule has 3 amide bonds. The van der Waals surface area contributed by atoms with Crippen LogP contribution in [0, 0.1) is 0 Å². The highest BCUT2D eigenvalue weighted by atomic mass is 19.4. The first-order valence-electron chi connectivity index (χ1n) is 11.4. The lowest BCUT2D eigenvalue weighted by Crippen LogP contribution is -2.44. The summed E-state index contributed by atoms with van der Waals surface area (Å²) in [5, 5.41) is 10.9. The molecule has 0 bridgehead atoms. The number of urea groups is 1. The number of nitrogens with zero attached hydrogens (tertiary/aromatic N) is 2. The Morgan fingerprint density at radius 3 is 2.38 bits per heavy atom. The van der Waals surface area contributed by atoms with Crippen molar-refractivity contribution in [3.05, 3.63) is 72.1 Å². The molecule has 37 heavy (non-hydrogen) atoms. The Hall–Kier alpha value is -4.32. The molecule has 12 heteroatoms. The average molecular weight is 515 g/mol. The van der Waals surface area contributed by atoms with E-state index >= 15 is 0 Å². The molecule has 4 N–H and O–H groups in total. The number of anilines is 3. The van der Waals surface area contributed by atoms with E-state index in [1.165, 1.54) is 25.4 Å². The molecule has 2 heterocycles. The smallest absolute Gasteiger partial charge is 0.416 e. The number of pyridine rings is 1. The van der Waals surface area contributed by atoms with E-state index in [0.717, 1.165) is 12.1 Å². The minimum atomic E-state index is -4.54. The van der Waals surface area contributed by atoms with Crippen LogP contribution in [0.1, 0.15) is 16.1 Å². The molecule has 1 aliphatic heterocycles. The molecular weight excluding hydrogens is 489 g/mol. The van der Waals surface area contributed by atoms with Gasteiger partial charge in [-0.05, 0) is 48.5 Å². The van der Waals surface area contributed by atoms with Gasteiger partial charge in [-0.15, -0.1) is 0 Å². The quantitative estimate of drug-likeness (QED) is 0.391. The van der Waals surface area contributed by atoms with Crippen molar-refractivity contribution in [2.24, 2.45) is 0 Å². The number of carbonyl (C=O) groups excluding carboxylic acids is 2. The van der Waals surface area contributed by atoms with Crippen LogP contribution < -0.4 is 30.9 Å². The summed E-state index contributed by atoms with van der Waals surface area (Å²) >= 11 is 0. The monoisotopic (exact) mass is 514 g/mol. The van der Waals surface area contributed by atoms with Gasteiger partial charge in [0.05, 0.1) is 16.9 Å². The minimum Gasteiger partial charge on any atom is -0.457 e. The second kappa shape index (κ2) is 11.2. The van der Waals surface area contributed by atoms with Crippen molar-refractivity contribution in [2.45, 2.75) is 6.18 Å². The van der Waals surface area contributed by atoms with E-state index in [4.69, 9.17) is 4.74 Å². The predicted molar refractivity (Wildman–Crippen MR) is 133 cm³/mol. The van der Waals surface area contributed by atoms with Crippen LogP contribution in [-0.4, -0.2) is 50.1 Å². The van der Waals surface area contributed by atoms with E-state index < -0.39 is 17.8 Å². The van der Waals surface area contributed by atoms with Crippen LogP contribution in [0.2, 0.25) is 0 Å². The molecule has 9 nitrogen and oxygen atoms in total. The molecule has 1 aliphatic rings. The van der Waals surface area contributed by atoms with E-state index in [2.05, 4.69) is 26.3 Å². The van der Waals surface area contributed by atoms with Crippen molar-refractivity contribution in [3.8, 4) is 11.5 Å². The molecule has 0 atom stereocenters. The van der Waals surface area contributed by atoms with Crippen LogP contribution in [0.3, 0.4) is 0 Å². The topological polar surface area (TPSA) is 108 Å². The molecule has 2 aromatic carbocycles. The largest absolute Gasteiger partial charge is 0.457 e. The third-order valence-corrected chi connectivity index (χ3v) is 5.57. The van der Waals surface area contributed by atoms with E-state index in [0.29, 0.717) is 49.1 Å². The van der Waals surface area contributed by atoms with Gasteiger partial charge >= 0.3 is 12.2 Å². The lowest BCUT2D eigenvalue weighted by Gasteiger charge is -2.31. The first kappa shape index (κ1) is 25.8. The van der Waals surface area contributed by atoms with Crippen LogP contribution in [0.4, 0.5) is 35.0 Å². The van der Waals surface area contributed by atoms with E-state index in [1.54, 1.807) is 30.3 Å². The fourth-order valence-corrected chi connectivity index (χ4v) is 3.75. The van der Waals surface area contributed by atoms with Gasteiger partial charge in [-0.1, -0.05) is 0 Å². The van der Waals surface area contributed by atoms with Gasteiger partial charge in [-0.25, -0.2) is 4.79 Å². The number of halogens is 3. The maximum absolute atomic E-state index is 13.3. The molecule has 0 spiro atoms. The Morgan fingerprint density at radius 1 is 0.973 bits per heavy atom. The minimum absolute atomic E-state index is 0.0683. The van der Waals surface area contributed by atoms with Gasteiger partial charge < -0.3 is 30.9 Å². The first-order valence-corrected chi connectivity index (χ1v) is 11.4. The highest BCUT2D eigenvalue weighted by molar-refractivity contribution is 6.02. The average Bonchev–Trinajstić information content (AvgIpc) is 2.89. The van der Waals surface area contributed by atoms with Crippen molar-refractivity contribution in [1.82, 2.24) is 15.6 Å². The van der Waals surface area contributed by atoms with Crippen molar-refractivity contribution in [2.75, 3.05) is 48.8 Å². The Bertz CT molecular complexity index is 1260. The summed E-state index contributed by atoms with van der Waals surface area (Å²) in [6.07, 6.45) is -3.09. The van der Waals surface area contributed by atoms with Gasteiger partial charge in [-0.3, -0.25) is 9.78 Å². The molecule has 0 aliphatic carbocycles. The van der Waals surface area contributed by atoms with Crippen LogP contribution in [0.15, 0.2) is 60.8 Å². The molecule has 1 aromatic heterocycles. The zero-order valence-corrected chi connectivity index (χ0v) is 19.9. The summed E-state index contributed by atoms with van der Waals surface area (Å²) < 4.78 is 45.7. The number of alkyl halides is 3. The maximum atomic E-state index is 13.3. The molecule has 194 valence electrons. The predicted octanol–water partition coefficient (Wildman–Crippen LogP) is 4.31. The normalized spacial score (nSPS) is 13.6. The number of rotatable bonds is 6. The number of ether oxygens (including phenoxy) is 1. The second-order valence-corrected chi connectivity index (χ2v) is 8.13. The van der Waals surface area contributed by atoms with Crippen molar-refractivity contribution in [1.29, 1.82) is 0 Å². The fraction of sp³-hybridized carbons (Fsp3) is 0.240. The number of amides is 3. The molecule has 3 aromatic rings. The summed E-state index contributed by atoms with van der Waals surface area (Å²) in [6.45, 7) is 2.58. The van der Waals surface area contributed by atoms with E-state index in [9.17, 15) is 22.8 Å². The Kier molecular flexibility index (Phi) is 7.77. The SMILES string of the molecule is CNC(=O)c1cc(Oc2ccc(NC(=O)Nc3cc(C(F)(F)F)ccc3N3CCNCC3)cc2)ccn1. The summed E-state index contributed by atoms with van der Waals surface area (Å²) in [5.74, 6) is 0.493. The lowest BCUT2D eigenvalue weighted by atomic mass is 10.1. The van der Waals surface area contributed by atoms with E-state index in [1.807, 2.05) is 4.90 Å². The van der Waals surface area contributed by atoms with Crippen molar-refractivity contribution >= 4 is 29.0 Å². The van der Waals surface area contributed by atoms with Gasteiger partial charge in [0.15, 0.2) is 0 Å². The van der Waals surface area contributed by atoms with Gasteiger partial charge in [0, 0.05) is 51.2 Å².